The monoisotopic (exact) mass is 538 g/mol. The van der Waals surface area contributed by atoms with Crippen molar-refractivity contribution in [2.75, 3.05) is 19.6 Å². The summed E-state index contributed by atoms with van der Waals surface area (Å²) in [4.78, 5) is 4.94. The zero-order chi connectivity index (χ0) is 26.9. The normalized spacial score (nSPS) is 47.0. The summed E-state index contributed by atoms with van der Waals surface area (Å²) in [6, 6.07) is 0. The fourth-order valence-electron chi connectivity index (χ4n) is 12.9. The lowest BCUT2D eigenvalue weighted by atomic mass is 9.45. The quantitative estimate of drug-likeness (QED) is 0.242. The molecule has 0 radical (unpaired) electrons. The molecule has 2 nitrogen and oxygen atoms in total. The minimum absolute atomic E-state index is 0.571. The largest absolute Gasteiger partial charge is 0.314 e. The average molecular weight is 539 g/mol. The van der Waals surface area contributed by atoms with Crippen molar-refractivity contribution in [1.29, 1.82) is 0 Å². The molecule has 2 unspecified atom stereocenters. The van der Waals surface area contributed by atoms with Crippen molar-refractivity contribution in [1.82, 2.24) is 5.32 Å². The summed E-state index contributed by atoms with van der Waals surface area (Å²) in [6.45, 7) is 7.68. The number of rotatable bonds is 8. The lowest BCUT2D eigenvalue weighted by Gasteiger charge is -2.59. The van der Waals surface area contributed by atoms with Gasteiger partial charge in [0.05, 0.1) is 6.54 Å². The number of aliphatic imine (C=N–C) groups is 1. The first-order valence-corrected chi connectivity index (χ1v) is 17.4. The van der Waals surface area contributed by atoms with Gasteiger partial charge in [-0.15, -0.1) is 0 Å². The molecule has 10 aliphatic rings. The Morgan fingerprint density at radius 3 is 1.95 bits per heavy atom. The molecular weight excluding hydrogens is 484 g/mol. The summed E-state index contributed by atoms with van der Waals surface area (Å²) < 4.78 is 0. The van der Waals surface area contributed by atoms with Crippen molar-refractivity contribution in [2.45, 2.75) is 104 Å². The summed E-state index contributed by atoms with van der Waals surface area (Å²) in [5, 5.41) is 3.80. The van der Waals surface area contributed by atoms with Crippen molar-refractivity contribution in [3.05, 3.63) is 46.6 Å². The van der Waals surface area contributed by atoms with E-state index in [9.17, 15) is 0 Å². The van der Waals surface area contributed by atoms with Gasteiger partial charge in [0.15, 0.2) is 0 Å². The molecule has 40 heavy (non-hydrogen) atoms. The van der Waals surface area contributed by atoms with E-state index in [2.05, 4.69) is 49.7 Å². The Labute approximate surface area is 244 Å². The molecule has 10 rings (SSSR count). The van der Waals surface area contributed by atoms with E-state index in [1.165, 1.54) is 68.1 Å². The van der Waals surface area contributed by atoms with E-state index >= 15 is 0 Å². The van der Waals surface area contributed by atoms with Gasteiger partial charge in [0.25, 0.3) is 0 Å². The van der Waals surface area contributed by atoms with Crippen molar-refractivity contribution < 1.29 is 0 Å². The van der Waals surface area contributed by atoms with E-state index in [-0.39, 0.29) is 0 Å². The molecule has 1 N–H and O–H groups in total. The smallest absolute Gasteiger partial charge is 0.0514 e. The van der Waals surface area contributed by atoms with Gasteiger partial charge in [-0.3, -0.25) is 4.99 Å². The Bertz CT molecular complexity index is 1090. The van der Waals surface area contributed by atoms with Gasteiger partial charge in [0, 0.05) is 19.3 Å². The molecule has 0 aromatic carbocycles. The molecule has 10 aliphatic carbocycles. The molecule has 216 valence electrons. The van der Waals surface area contributed by atoms with Crippen molar-refractivity contribution >= 4 is 6.21 Å². The molecule has 2 atom stereocenters. The number of nitrogens with zero attached hydrogens (tertiary/aromatic N) is 1. The molecule has 0 saturated heterocycles. The Hall–Kier alpha value is -1.41. The minimum Gasteiger partial charge on any atom is -0.314 e. The molecule has 2 heteroatoms. The van der Waals surface area contributed by atoms with E-state index in [1.807, 2.05) is 5.57 Å². The standard InChI is InChI=1S/C38H54N2/c1-25-5-33(15-35(7-25)37-17-27-9-28(18-37)11-29(10-27)19-37)23-39-3-4-40-24-34-6-26(2)8-36(16-34)38-20-30-12-31(21-38)14-32(13-30)22-38/h5-8,23,27-32,34-35,40H,3-4,9-22,24H2,1-2H3. The van der Waals surface area contributed by atoms with Gasteiger partial charge < -0.3 is 5.32 Å². The molecular formula is C38H54N2. The predicted octanol–water partition coefficient (Wildman–Crippen LogP) is 8.86. The molecule has 0 amide bonds. The average Bonchev–Trinajstić information content (AvgIpc) is 2.89. The van der Waals surface area contributed by atoms with Gasteiger partial charge in [-0.2, -0.15) is 0 Å². The second-order valence-corrected chi connectivity index (χ2v) is 16.7. The Kier molecular flexibility index (Phi) is 6.62. The first kappa shape index (κ1) is 26.2. The highest BCUT2D eigenvalue weighted by Gasteiger charge is 2.54. The van der Waals surface area contributed by atoms with Gasteiger partial charge in [0.1, 0.15) is 0 Å². The Balaban J connectivity index is 0.827. The summed E-state index contributed by atoms with van der Waals surface area (Å²) in [6.07, 6.45) is 33.3. The third kappa shape index (κ3) is 4.87. The fourth-order valence-corrected chi connectivity index (χ4v) is 12.9. The highest BCUT2D eigenvalue weighted by Crippen LogP contribution is 2.65. The maximum absolute atomic E-state index is 4.94. The van der Waals surface area contributed by atoms with E-state index in [4.69, 9.17) is 4.99 Å². The number of hydrogen-bond acceptors (Lipinski definition) is 2. The summed E-state index contributed by atoms with van der Waals surface area (Å²) in [5.74, 6) is 7.63. The van der Waals surface area contributed by atoms with Crippen LogP contribution in [0.25, 0.3) is 0 Å². The first-order chi connectivity index (χ1) is 19.4. The second kappa shape index (κ2) is 10.1. The van der Waals surface area contributed by atoms with E-state index in [0.717, 1.165) is 61.1 Å². The predicted molar refractivity (Wildman–Crippen MR) is 167 cm³/mol. The van der Waals surface area contributed by atoms with Crippen LogP contribution in [-0.2, 0) is 0 Å². The highest BCUT2D eigenvalue weighted by atomic mass is 14.9. The minimum atomic E-state index is 0.571. The highest BCUT2D eigenvalue weighted by molar-refractivity contribution is 5.80. The van der Waals surface area contributed by atoms with Gasteiger partial charge in [-0.05, 0) is 167 Å². The zero-order valence-corrected chi connectivity index (χ0v) is 25.5. The SMILES string of the molecule is CC1=CC(CNCCN=CC2=CC(C)=CC(C34CC5CC(CC(C5)C3)C4)C2)CC(C23CC4CC(CC(C4)C2)C3)=C1. The first-order valence-electron chi connectivity index (χ1n) is 17.4. The molecule has 0 spiro atoms. The van der Waals surface area contributed by atoms with Crippen LogP contribution in [0, 0.1) is 58.2 Å². The van der Waals surface area contributed by atoms with Crippen LogP contribution in [0.3, 0.4) is 0 Å². The van der Waals surface area contributed by atoms with Crippen LogP contribution >= 0.6 is 0 Å². The van der Waals surface area contributed by atoms with E-state index in [0.29, 0.717) is 16.7 Å². The number of allylic oxidation sites excluding steroid dienone is 7. The Morgan fingerprint density at radius 1 is 0.750 bits per heavy atom. The van der Waals surface area contributed by atoms with Crippen LogP contribution < -0.4 is 5.32 Å². The fraction of sp³-hybridized carbons (Fsp3) is 0.763. The summed E-state index contributed by atoms with van der Waals surface area (Å²) in [5.41, 5.74) is 7.49. The summed E-state index contributed by atoms with van der Waals surface area (Å²) in [7, 11) is 0. The van der Waals surface area contributed by atoms with Gasteiger partial charge in [0.2, 0.25) is 0 Å². The molecule has 8 bridgehead atoms. The van der Waals surface area contributed by atoms with Crippen LogP contribution in [-0.4, -0.2) is 25.8 Å². The van der Waals surface area contributed by atoms with Gasteiger partial charge in [-0.25, -0.2) is 0 Å². The van der Waals surface area contributed by atoms with Crippen molar-refractivity contribution in [2.24, 2.45) is 63.2 Å². The zero-order valence-electron chi connectivity index (χ0n) is 25.5. The van der Waals surface area contributed by atoms with Crippen LogP contribution in [0.1, 0.15) is 104 Å². The third-order valence-corrected chi connectivity index (χ3v) is 13.4. The molecule has 0 heterocycles. The number of nitrogens with one attached hydrogen (secondary N) is 1. The Morgan fingerprint density at radius 2 is 1.32 bits per heavy atom. The van der Waals surface area contributed by atoms with Gasteiger partial charge in [-0.1, -0.05) is 41.0 Å². The van der Waals surface area contributed by atoms with E-state index < -0.39 is 0 Å². The molecule has 0 aliphatic heterocycles. The van der Waals surface area contributed by atoms with Crippen LogP contribution in [0.4, 0.5) is 0 Å². The second-order valence-electron chi connectivity index (χ2n) is 16.7. The van der Waals surface area contributed by atoms with Crippen LogP contribution in [0.5, 0.6) is 0 Å². The maximum atomic E-state index is 4.94. The van der Waals surface area contributed by atoms with Crippen molar-refractivity contribution in [3.63, 3.8) is 0 Å². The van der Waals surface area contributed by atoms with E-state index in [1.54, 1.807) is 38.5 Å². The van der Waals surface area contributed by atoms with Crippen LogP contribution in [0.2, 0.25) is 0 Å². The number of hydrogen-bond donors (Lipinski definition) is 1. The maximum Gasteiger partial charge on any atom is 0.0514 e. The third-order valence-electron chi connectivity index (χ3n) is 13.4. The molecule has 8 fully saturated rings. The topological polar surface area (TPSA) is 24.4 Å². The van der Waals surface area contributed by atoms with Crippen LogP contribution in [0.15, 0.2) is 51.6 Å². The molecule has 0 aromatic rings. The van der Waals surface area contributed by atoms with Gasteiger partial charge >= 0.3 is 0 Å². The summed E-state index contributed by atoms with van der Waals surface area (Å²) >= 11 is 0. The molecule has 0 aromatic heterocycles. The lowest BCUT2D eigenvalue weighted by Crippen LogP contribution is -2.49. The lowest BCUT2D eigenvalue weighted by molar-refractivity contribution is -0.0763. The van der Waals surface area contributed by atoms with Crippen molar-refractivity contribution in [3.8, 4) is 0 Å². The molecule has 8 saturated carbocycles.